The lowest BCUT2D eigenvalue weighted by molar-refractivity contribution is 0.202. The maximum Gasteiger partial charge on any atom is 0.239 e. The number of ether oxygens (including phenoxy) is 1. The first-order chi connectivity index (χ1) is 9.17. The van der Waals surface area contributed by atoms with E-state index in [1.165, 1.54) is 12.8 Å². The van der Waals surface area contributed by atoms with Gasteiger partial charge in [-0.25, -0.2) is 15.2 Å². The lowest BCUT2D eigenvalue weighted by Crippen LogP contribution is -2.38. The quantitative estimate of drug-likeness (QED) is 0.571. The summed E-state index contributed by atoms with van der Waals surface area (Å²) in [6.07, 6.45) is 3.50. The molecule has 0 spiro atoms. The first-order valence-electron chi connectivity index (χ1n) is 6.42. The van der Waals surface area contributed by atoms with Gasteiger partial charge in [0.15, 0.2) is 11.6 Å². The van der Waals surface area contributed by atoms with E-state index >= 15 is 0 Å². The Morgan fingerprint density at radius 1 is 1.63 bits per heavy atom. The molecule has 106 valence electrons. The highest BCUT2D eigenvalue weighted by Gasteiger charge is 2.33. The van der Waals surface area contributed by atoms with Crippen molar-refractivity contribution in [2.45, 2.75) is 25.8 Å². The summed E-state index contributed by atoms with van der Waals surface area (Å²) >= 11 is 0. The molecule has 2 rings (SSSR count). The predicted molar refractivity (Wildman–Crippen MR) is 71.2 cm³/mol. The van der Waals surface area contributed by atoms with Crippen molar-refractivity contribution in [3.8, 4) is 0 Å². The van der Waals surface area contributed by atoms with Crippen molar-refractivity contribution >= 4 is 11.8 Å². The number of methoxy groups -OCH3 is 1. The van der Waals surface area contributed by atoms with E-state index in [0.717, 1.165) is 6.20 Å². The van der Waals surface area contributed by atoms with E-state index < -0.39 is 5.82 Å². The van der Waals surface area contributed by atoms with Crippen LogP contribution in [0, 0.1) is 11.7 Å². The fourth-order valence-corrected chi connectivity index (χ4v) is 2.15. The minimum Gasteiger partial charge on any atom is -0.383 e. The summed E-state index contributed by atoms with van der Waals surface area (Å²) in [5.41, 5.74) is 2.34. The van der Waals surface area contributed by atoms with Gasteiger partial charge in [0.2, 0.25) is 5.95 Å². The summed E-state index contributed by atoms with van der Waals surface area (Å²) in [4.78, 5) is 9.81. The van der Waals surface area contributed by atoms with Crippen molar-refractivity contribution in [2.75, 3.05) is 30.6 Å². The number of halogens is 1. The Balaban J connectivity index is 2.24. The van der Waals surface area contributed by atoms with E-state index in [4.69, 9.17) is 10.6 Å². The molecule has 1 fully saturated rings. The van der Waals surface area contributed by atoms with Crippen molar-refractivity contribution in [3.05, 3.63) is 12.0 Å². The van der Waals surface area contributed by atoms with Gasteiger partial charge in [0, 0.05) is 19.7 Å². The largest absolute Gasteiger partial charge is 0.383 e. The van der Waals surface area contributed by atoms with Crippen molar-refractivity contribution < 1.29 is 9.13 Å². The second-order valence-electron chi connectivity index (χ2n) is 4.77. The normalized spacial score (nSPS) is 16.2. The minimum atomic E-state index is -0.442. The molecule has 0 radical (unpaired) electrons. The number of nitrogens with zero attached hydrogens (tertiary/aromatic N) is 3. The van der Waals surface area contributed by atoms with Crippen LogP contribution in [0.5, 0.6) is 0 Å². The van der Waals surface area contributed by atoms with Crippen molar-refractivity contribution in [2.24, 2.45) is 11.8 Å². The van der Waals surface area contributed by atoms with Gasteiger partial charge in [0.05, 0.1) is 12.8 Å². The Morgan fingerprint density at radius 2 is 2.37 bits per heavy atom. The Labute approximate surface area is 112 Å². The van der Waals surface area contributed by atoms with Gasteiger partial charge < -0.3 is 9.64 Å². The smallest absolute Gasteiger partial charge is 0.239 e. The summed E-state index contributed by atoms with van der Waals surface area (Å²) in [5, 5.41) is 0. The molecule has 3 N–H and O–H groups in total. The molecule has 19 heavy (non-hydrogen) atoms. The maximum atomic E-state index is 14.0. The molecule has 6 nitrogen and oxygen atoms in total. The van der Waals surface area contributed by atoms with Gasteiger partial charge in [-0.05, 0) is 25.7 Å². The van der Waals surface area contributed by atoms with Gasteiger partial charge in [-0.3, -0.25) is 5.43 Å². The first kappa shape index (κ1) is 14.0. The molecule has 0 bridgehead atoms. The predicted octanol–water partition coefficient (Wildman–Crippen LogP) is 1.15. The van der Waals surface area contributed by atoms with Crippen LogP contribution in [0.3, 0.4) is 0 Å². The molecule has 1 heterocycles. The van der Waals surface area contributed by atoms with E-state index in [1.54, 1.807) is 7.11 Å². The zero-order chi connectivity index (χ0) is 13.8. The van der Waals surface area contributed by atoms with E-state index in [0.29, 0.717) is 19.1 Å². The number of aromatic nitrogens is 2. The number of hydrogen-bond donors (Lipinski definition) is 2. The molecular formula is C12H20FN5O. The van der Waals surface area contributed by atoms with Gasteiger partial charge in [-0.15, -0.1) is 0 Å². The fourth-order valence-electron chi connectivity index (χ4n) is 2.15. The van der Waals surface area contributed by atoms with Crippen molar-refractivity contribution in [3.63, 3.8) is 0 Å². The van der Waals surface area contributed by atoms with Gasteiger partial charge >= 0.3 is 0 Å². The summed E-state index contributed by atoms with van der Waals surface area (Å²) in [6, 6.07) is 0.227. The average Bonchev–Trinajstić information content (AvgIpc) is 3.25. The molecule has 1 aliphatic rings. The molecule has 1 saturated carbocycles. The second kappa shape index (κ2) is 6.12. The monoisotopic (exact) mass is 269 g/mol. The summed E-state index contributed by atoms with van der Waals surface area (Å²) in [5.74, 6) is 5.92. The molecular weight excluding hydrogens is 249 g/mol. The highest BCUT2D eigenvalue weighted by Crippen LogP contribution is 2.36. The highest BCUT2D eigenvalue weighted by atomic mass is 19.1. The van der Waals surface area contributed by atoms with Crippen LogP contribution < -0.4 is 16.2 Å². The van der Waals surface area contributed by atoms with Crippen LogP contribution in [-0.4, -0.2) is 36.3 Å². The van der Waals surface area contributed by atoms with Crippen molar-refractivity contribution in [1.82, 2.24) is 9.97 Å². The SMILES string of the molecule is COCCN(c1nc(NN)ncc1F)C(C)C1CC1. The Hall–Kier alpha value is -1.47. The molecule has 1 atom stereocenters. The second-order valence-corrected chi connectivity index (χ2v) is 4.77. The van der Waals surface area contributed by atoms with Crippen LogP contribution in [0.1, 0.15) is 19.8 Å². The van der Waals surface area contributed by atoms with E-state index in [9.17, 15) is 4.39 Å². The Bertz CT molecular complexity index is 427. The van der Waals surface area contributed by atoms with Crippen LogP contribution in [0.25, 0.3) is 0 Å². The number of hydrogen-bond acceptors (Lipinski definition) is 6. The van der Waals surface area contributed by atoms with Gasteiger partial charge in [0.1, 0.15) is 0 Å². The third-order valence-electron chi connectivity index (χ3n) is 3.46. The Kier molecular flexibility index (Phi) is 4.49. The number of rotatable bonds is 7. The molecule has 0 amide bonds. The molecule has 7 heteroatoms. The molecule has 1 aromatic heterocycles. The van der Waals surface area contributed by atoms with Crippen LogP contribution in [0.2, 0.25) is 0 Å². The van der Waals surface area contributed by atoms with E-state index in [2.05, 4.69) is 22.3 Å². The van der Waals surface area contributed by atoms with E-state index in [1.807, 2.05) is 4.90 Å². The first-order valence-corrected chi connectivity index (χ1v) is 6.42. The van der Waals surface area contributed by atoms with Crippen LogP contribution in [0.4, 0.5) is 16.2 Å². The third kappa shape index (κ3) is 3.30. The zero-order valence-corrected chi connectivity index (χ0v) is 11.3. The minimum absolute atomic E-state index is 0.210. The van der Waals surface area contributed by atoms with Crippen LogP contribution in [0.15, 0.2) is 6.20 Å². The molecule has 1 unspecified atom stereocenters. The molecule has 0 aliphatic heterocycles. The summed E-state index contributed by atoms with van der Waals surface area (Å²) < 4.78 is 19.0. The van der Waals surface area contributed by atoms with Crippen LogP contribution in [-0.2, 0) is 4.74 Å². The lowest BCUT2D eigenvalue weighted by atomic mass is 10.2. The number of nitrogens with two attached hydrogens (primary N) is 1. The van der Waals surface area contributed by atoms with Gasteiger partial charge in [-0.1, -0.05) is 0 Å². The fraction of sp³-hybridized carbons (Fsp3) is 0.667. The molecule has 1 aliphatic carbocycles. The molecule has 0 aromatic carbocycles. The third-order valence-corrected chi connectivity index (χ3v) is 3.46. The zero-order valence-electron chi connectivity index (χ0n) is 11.3. The van der Waals surface area contributed by atoms with E-state index in [-0.39, 0.29) is 17.8 Å². The summed E-state index contributed by atoms with van der Waals surface area (Å²) in [6.45, 7) is 3.20. The molecule has 1 aromatic rings. The van der Waals surface area contributed by atoms with Crippen molar-refractivity contribution in [1.29, 1.82) is 0 Å². The van der Waals surface area contributed by atoms with Gasteiger partial charge in [-0.2, -0.15) is 4.98 Å². The average molecular weight is 269 g/mol. The lowest BCUT2D eigenvalue weighted by Gasteiger charge is -2.30. The number of nitrogens with one attached hydrogen (secondary N) is 1. The number of anilines is 2. The Morgan fingerprint density at radius 3 is 2.95 bits per heavy atom. The number of hydrazine groups is 1. The maximum absolute atomic E-state index is 14.0. The topological polar surface area (TPSA) is 76.3 Å². The molecule has 0 saturated heterocycles. The highest BCUT2D eigenvalue weighted by molar-refractivity contribution is 5.45. The van der Waals surface area contributed by atoms with Gasteiger partial charge in [0.25, 0.3) is 0 Å². The standard InChI is InChI=1S/C12H20FN5O/c1-8(9-3-4-9)18(5-6-19-2)11-10(13)7-15-12(16-11)17-14/h7-9H,3-6,14H2,1-2H3,(H,15,16,17). The summed E-state index contributed by atoms with van der Waals surface area (Å²) in [7, 11) is 1.63. The van der Waals surface area contributed by atoms with Crippen LogP contribution >= 0.6 is 0 Å². The number of nitrogen functional groups attached to an aromatic ring is 1.